The lowest BCUT2D eigenvalue weighted by atomic mass is 10.3. The monoisotopic (exact) mass is 223 g/mol. The van der Waals surface area contributed by atoms with E-state index in [-0.39, 0.29) is 11.0 Å². The van der Waals surface area contributed by atoms with Gasteiger partial charge in [-0.3, -0.25) is 0 Å². The van der Waals surface area contributed by atoms with E-state index in [9.17, 15) is 4.39 Å². The normalized spacial score (nSPS) is 9.90. The Bertz CT molecular complexity index is 221. The molecule has 1 aromatic rings. The third-order valence-corrected chi connectivity index (χ3v) is 1.97. The molecule has 0 N–H and O–H groups in total. The summed E-state index contributed by atoms with van der Waals surface area (Å²) in [5.41, 5.74) is 0.407. The van der Waals surface area contributed by atoms with Crippen LogP contribution in [0.25, 0.3) is 0 Å². The molecule has 0 aliphatic carbocycles. The molecule has 0 saturated carbocycles. The van der Waals surface area contributed by atoms with Crippen LogP contribution >= 0.6 is 27.5 Å². The Morgan fingerprint density at radius 3 is 2.80 bits per heavy atom. The Balaban J connectivity index is 3.17. The van der Waals surface area contributed by atoms with Crippen molar-refractivity contribution in [1.82, 2.24) is 4.98 Å². The van der Waals surface area contributed by atoms with E-state index in [2.05, 4.69) is 20.9 Å². The fraction of sp³-hybridized carbons (Fsp3) is 0.167. The summed E-state index contributed by atoms with van der Waals surface area (Å²) >= 11 is 8.64. The minimum Gasteiger partial charge on any atom is -0.244 e. The van der Waals surface area contributed by atoms with Crippen LogP contribution in [0.5, 0.6) is 0 Å². The zero-order valence-electron chi connectivity index (χ0n) is 4.94. The summed E-state index contributed by atoms with van der Waals surface area (Å²) in [6, 6.07) is 1.28. The second-order valence-electron chi connectivity index (χ2n) is 1.70. The van der Waals surface area contributed by atoms with E-state index in [1.165, 1.54) is 12.3 Å². The minimum atomic E-state index is -0.322. The Labute approximate surface area is 71.4 Å². The summed E-state index contributed by atoms with van der Waals surface area (Å²) in [4.78, 5) is 3.71. The molecule has 0 saturated heterocycles. The summed E-state index contributed by atoms with van der Waals surface area (Å²) < 4.78 is 12.7. The Morgan fingerprint density at radius 1 is 1.70 bits per heavy atom. The number of hydrogen-bond acceptors (Lipinski definition) is 1. The molecule has 0 amide bonds. The molecule has 0 aliphatic heterocycles. The summed E-state index contributed by atoms with van der Waals surface area (Å²) in [7, 11) is 0. The lowest BCUT2D eigenvalue weighted by Crippen LogP contribution is -1.88. The lowest BCUT2D eigenvalue weighted by molar-refractivity contribution is 0.615. The van der Waals surface area contributed by atoms with Crippen molar-refractivity contribution in [2.24, 2.45) is 0 Å². The van der Waals surface area contributed by atoms with Gasteiger partial charge in [-0.15, -0.1) is 0 Å². The molecule has 0 aliphatic rings. The van der Waals surface area contributed by atoms with Crippen LogP contribution in [0.1, 0.15) is 5.56 Å². The van der Waals surface area contributed by atoms with Crippen LogP contribution in [-0.2, 0) is 5.33 Å². The molecule has 0 aromatic carbocycles. The fourth-order valence-electron chi connectivity index (χ4n) is 0.564. The van der Waals surface area contributed by atoms with Gasteiger partial charge in [0.15, 0.2) is 0 Å². The molecule has 1 nitrogen and oxygen atoms in total. The number of nitrogens with zero attached hydrogens (tertiary/aromatic N) is 1. The maximum absolute atomic E-state index is 12.7. The Hall–Kier alpha value is -0.150. The van der Waals surface area contributed by atoms with Gasteiger partial charge in [0.2, 0.25) is 0 Å². The van der Waals surface area contributed by atoms with Crippen LogP contribution in [0.4, 0.5) is 4.39 Å². The molecule has 10 heavy (non-hydrogen) atoms. The van der Waals surface area contributed by atoms with Gasteiger partial charge in [0.1, 0.15) is 11.0 Å². The van der Waals surface area contributed by atoms with Crippen molar-refractivity contribution in [3.63, 3.8) is 0 Å². The lowest BCUT2D eigenvalue weighted by Gasteiger charge is -1.97. The standard InChI is InChI=1S/C6H4BrClFN/c7-3-4-5(9)1-2-10-6(4)8/h1-2H,3H2. The summed E-state index contributed by atoms with van der Waals surface area (Å²) in [6.07, 6.45) is 1.34. The topological polar surface area (TPSA) is 12.9 Å². The molecular weight excluding hydrogens is 220 g/mol. The van der Waals surface area contributed by atoms with Gasteiger partial charge in [-0.05, 0) is 6.07 Å². The number of rotatable bonds is 1. The van der Waals surface area contributed by atoms with Gasteiger partial charge in [0, 0.05) is 17.1 Å². The van der Waals surface area contributed by atoms with Crippen molar-refractivity contribution in [3.8, 4) is 0 Å². The molecule has 0 bridgehead atoms. The van der Waals surface area contributed by atoms with Crippen molar-refractivity contribution in [2.75, 3.05) is 0 Å². The summed E-state index contributed by atoms with van der Waals surface area (Å²) in [5, 5.41) is 0.614. The molecule has 0 radical (unpaired) electrons. The molecule has 0 atom stereocenters. The van der Waals surface area contributed by atoms with Crippen LogP contribution in [0.3, 0.4) is 0 Å². The smallest absolute Gasteiger partial charge is 0.135 e. The molecule has 0 fully saturated rings. The summed E-state index contributed by atoms with van der Waals surface area (Å²) in [5.74, 6) is -0.322. The number of halogens is 3. The molecule has 0 unspecified atom stereocenters. The highest BCUT2D eigenvalue weighted by Crippen LogP contribution is 2.18. The first-order valence-electron chi connectivity index (χ1n) is 2.60. The van der Waals surface area contributed by atoms with E-state index in [1.54, 1.807) is 0 Å². The Morgan fingerprint density at radius 2 is 2.40 bits per heavy atom. The first-order chi connectivity index (χ1) is 4.75. The average Bonchev–Trinajstić information content (AvgIpc) is 1.88. The number of alkyl halides is 1. The quantitative estimate of drug-likeness (QED) is 0.528. The van der Waals surface area contributed by atoms with Crippen molar-refractivity contribution in [2.45, 2.75) is 5.33 Å². The van der Waals surface area contributed by atoms with Gasteiger partial charge in [0.25, 0.3) is 0 Å². The van der Waals surface area contributed by atoms with Gasteiger partial charge in [-0.2, -0.15) is 0 Å². The van der Waals surface area contributed by atoms with Gasteiger partial charge in [-0.25, -0.2) is 9.37 Å². The SMILES string of the molecule is Fc1ccnc(Cl)c1CBr. The van der Waals surface area contributed by atoms with Gasteiger partial charge >= 0.3 is 0 Å². The Kier molecular flexibility index (Phi) is 2.63. The maximum atomic E-state index is 12.7. The first-order valence-corrected chi connectivity index (χ1v) is 4.10. The second-order valence-corrected chi connectivity index (χ2v) is 2.61. The van der Waals surface area contributed by atoms with Crippen LogP contribution < -0.4 is 0 Å². The molecule has 0 spiro atoms. The molecule has 4 heteroatoms. The van der Waals surface area contributed by atoms with Crippen LogP contribution in [0.2, 0.25) is 5.15 Å². The van der Waals surface area contributed by atoms with Gasteiger partial charge in [-0.1, -0.05) is 27.5 Å². The van der Waals surface area contributed by atoms with Crippen molar-refractivity contribution >= 4 is 27.5 Å². The largest absolute Gasteiger partial charge is 0.244 e. The fourth-order valence-corrected chi connectivity index (χ4v) is 1.47. The third kappa shape index (κ3) is 1.47. The van der Waals surface area contributed by atoms with Crippen LogP contribution in [0, 0.1) is 5.82 Å². The third-order valence-electron chi connectivity index (χ3n) is 1.08. The second kappa shape index (κ2) is 3.30. The van der Waals surface area contributed by atoms with Crippen LogP contribution in [0.15, 0.2) is 12.3 Å². The van der Waals surface area contributed by atoms with Crippen LogP contribution in [-0.4, -0.2) is 4.98 Å². The summed E-state index contributed by atoms with van der Waals surface area (Å²) in [6.45, 7) is 0. The highest BCUT2D eigenvalue weighted by Gasteiger charge is 2.04. The van der Waals surface area contributed by atoms with E-state index < -0.39 is 0 Å². The molecular formula is C6H4BrClFN. The zero-order valence-corrected chi connectivity index (χ0v) is 7.28. The zero-order chi connectivity index (χ0) is 7.56. The molecule has 1 heterocycles. The minimum absolute atomic E-state index is 0.219. The van der Waals surface area contributed by atoms with E-state index >= 15 is 0 Å². The van der Waals surface area contributed by atoms with E-state index in [0.717, 1.165) is 0 Å². The van der Waals surface area contributed by atoms with E-state index in [0.29, 0.717) is 10.9 Å². The highest BCUT2D eigenvalue weighted by atomic mass is 79.9. The molecule has 1 aromatic heterocycles. The van der Waals surface area contributed by atoms with Crippen molar-refractivity contribution in [1.29, 1.82) is 0 Å². The predicted octanol–water partition coefficient (Wildman–Crippen LogP) is 2.77. The van der Waals surface area contributed by atoms with E-state index in [1.807, 2.05) is 0 Å². The molecule has 54 valence electrons. The average molecular weight is 224 g/mol. The van der Waals surface area contributed by atoms with Gasteiger partial charge in [0.05, 0.1) is 0 Å². The van der Waals surface area contributed by atoms with Crippen molar-refractivity contribution in [3.05, 3.63) is 28.8 Å². The maximum Gasteiger partial charge on any atom is 0.135 e. The highest BCUT2D eigenvalue weighted by molar-refractivity contribution is 9.08. The number of pyridine rings is 1. The number of aromatic nitrogens is 1. The van der Waals surface area contributed by atoms with Crippen molar-refractivity contribution < 1.29 is 4.39 Å². The number of hydrogen-bond donors (Lipinski definition) is 0. The predicted molar refractivity (Wildman–Crippen MR) is 41.8 cm³/mol. The first kappa shape index (κ1) is 7.95. The van der Waals surface area contributed by atoms with E-state index in [4.69, 9.17) is 11.6 Å². The van der Waals surface area contributed by atoms with Gasteiger partial charge < -0.3 is 0 Å². The molecule has 1 rings (SSSR count).